The molecule has 0 bridgehead atoms. The Hall–Kier alpha value is -1.88. The fourth-order valence-corrected chi connectivity index (χ4v) is 1.20. The molecule has 18 heavy (non-hydrogen) atoms. The molecular weight excluding hydrogens is 234 g/mol. The van der Waals surface area contributed by atoms with Crippen LogP contribution in [-0.4, -0.2) is 22.6 Å². The third-order valence-electron chi connectivity index (χ3n) is 2.04. The Bertz CT molecular complexity index is 431. The summed E-state index contributed by atoms with van der Waals surface area (Å²) in [7, 11) is 0. The quantitative estimate of drug-likeness (QED) is 0.800. The zero-order valence-electron chi connectivity index (χ0n) is 10.7. The van der Waals surface area contributed by atoms with Crippen LogP contribution < -0.4 is 5.48 Å². The number of carboxylic acids is 1. The Morgan fingerprint density at radius 2 is 1.78 bits per heavy atom. The molecule has 0 aliphatic heterocycles. The molecule has 1 aromatic rings. The summed E-state index contributed by atoms with van der Waals surface area (Å²) in [6, 6.07) is 6.16. The number of aromatic carboxylic acids is 1. The van der Waals surface area contributed by atoms with Gasteiger partial charge in [0, 0.05) is 0 Å². The number of rotatable bonds is 4. The molecule has 0 unspecified atom stereocenters. The Morgan fingerprint density at radius 1 is 1.22 bits per heavy atom. The van der Waals surface area contributed by atoms with Gasteiger partial charge in [-0.15, -0.1) is 0 Å². The summed E-state index contributed by atoms with van der Waals surface area (Å²) in [5.74, 6) is -1.25. The van der Waals surface area contributed by atoms with Crippen LogP contribution in [0.25, 0.3) is 0 Å². The monoisotopic (exact) mass is 251 g/mol. The zero-order chi connectivity index (χ0) is 13.8. The van der Waals surface area contributed by atoms with E-state index >= 15 is 0 Å². The van der Waals surface area contributed by atoms with Gasteiger partial charge in [-0.3, -0.25) is 9.63 Å². The molecule has 5 heteroatoms. The number of amides is 1. The molecule has 0 aliphatic rings. The van der Waals surface area contributed by atoms with Crippen LogP contribution in [0.15, 0.2) is 24.3 Å². The van der Waals surface area contributed by atoms with Crippen molar-refractivity contribution < 1.29 is 19.5 Å². The van der Waals surface area contributed by atoms with E-state index in [-0.39, 0.29) is 17.9 Å². The number of hydroxylamine groups is 1. The normalized spacial score (nSPS) is 11.1. The molecule has 98 valence electrons. The highest BCUT2D eigenvalue weighted by Crippen LogP contribution is 2.07. The SMILES string of the molecule is CC(C)(C)ONC(=O)Cc1ccc(C(=O)O)cc1. The van der Waals surface area contributed by atoms with Crippen molar-refractivity contribution in [3.63, 3.8) is 0 Å². The first-order chi connectivity index (χ1) is 8.28. The summed E-state index contributed by atoms with van der Waals surface area (Å²) in [6.45, 7) is 5.48. The Morgan fingerprint density at radius 3 is 2.22 bits per heavy atom. The average molecular weight is 251 g/mol. The lowest BCUT2D eigenvalue weighted by molar-refractivity contribution is -0.144. The third-order valence-corrected chi connectivity index (χ3v) is 2.04. The van der Waals surface area contributed by atoms with Crippen LogP contribution in [0, 0.1) is 0 Å². The number of carbonyl (C=O) groups excluding carboxylic acids is 1. The summed E-state index contributed by atoms with van der Waals surface area (Å²) in [5.41, 5.74) is 2.84. The van der Waals surface area contributed by atoms with Gasteiger partial charge in [-0.2, -0.15) is 0 Å². The van der Waals surface area contributed by atoms with E-state index in [4.69, 9.17) is 9.94 Å². The van der Waals surface area contributed by atoms with E-state index in [1.54, 1.807) is 12.1 Å². The van der Waals surface area contributed by atoms with Crippen LogP contribution in [0.5, 0.6) is 0 Å². The van der Waals surface area contributed by atoms with Crippen LogP contribution in [0.1, 0.15) is 36.7 Å². The van der Waals surface area contributed by atoms with E-state index in [2.05, 4.69) is 5.48 Å². The summed E-state index contributed by atoms with van der Waals surface area (Å²) < 4.78 is 0. The summed E-state index contributed by atoms with van der Waals surface area (Å²) in [5, 5.41) is 8.73. The second kappa shape index (κ2) is 5.64. The lowest BCUT2D eigenvalue weighted by Gasteiger charge is -2.18. The van der Waals surface area contributed by atoms with Crippen LogP contribution in [0.3, 0.4) is 0 Å². The molecule has 0 heterocycles. The van der Waals surface area contributed by atoms with Crippen LogP contribution in [0.4, 0.5) is 0 Å². The zero-order valence-corrected chi connectivity index (χ0v) is 10.7. The molecule has 5 nitrogen and oxygen atoms in total. The number of hydrogen-bond acceptors (Lipinski definition) is 3. The van der Waals surface area contributed by atoms with Gasteiger partial charge in [0.25, 0.3) is 0 Å². The minimum absolute atomic E-state index is 0.149. The van der Waals surface area contributed by atoms with Crippen LogP contribution in [-0.2, 0) is 16.1 Å². The highest BCUT2D eigenvalue weighted by atomic mass is 16.7. The molecule has 0 atom stereocenters. The maximum absolute atomic E-state index is 11.5. The van der Waals surface area contributed by atoms with E-state index in [1.165, 1.54) is 12.1 Å². The van der Waals surface area contributed by atoms with Gasteiger partial charge >= 0.3 is 5.97 Å². The van der Waals surface area contributed by atoms with E-state index in [1.807, 2.05) is 20.8 Å². The minimum atomic E-state index is -0.984. The second-order valence-corrected chi connectivity index (χ2v) is 4.92. The van der Waals surface area contributed by atoms with Gasteiger partial charge in [-0.05, 0) is 38.5 Å². The molecule has 0 saturated carbocycles. The van der Waals surface area contributed by atoms with Gasteiger partial charge in [0.1, 0.15) is 0 Å². The van der Waals surface area contributed by atoms with Crippen molar-refractivity contribution in [3.8, 4) is 0 Å². The molecule has 0 aromatic heterocycles. The second-order valence-electron chi connectivity index (χ2n) is 4.92. The van der Waals surface area contributed by atoms with Gasteiger partial charge in [0.05, 0.1) is 17.6 Å². The smallest absolute Gasteiger partial charge is 0.335 e. The Balaban J connectivity index is 2.52. The first-order valence-electron chi connectivity index (χ1n) is 5.57. The highest BCUT2D eigenvalue weighted by Gasteiger charge is 2.13. The predicted molar refractivity (Wildman–Crippen MR) is 66.1 cm³/mol. The first kappa shape index (κ1) is 14.2. The topological polar surface area (TPSA) is 75.6 Å². The average Bonchev–Trinajstić information content (AvgIpc) is 2.26. The molecule has 0 fully saturated rings. The van der Waals surface area contributed by atoms with E-state index in [9.17, 15) is 9.59 Å². The van der Waals surface area contributed by atoms with E-state index in [0.717, 1.165) is 5.56 Å². The standard InChI is InChI=1S/C13H17NO4/c1-13(2,3)18-14-11(15)8-9-4-6-10(7-5-9)12(16)17/h4-7H,8H2,1-3H3,(H,14,15)(H,16,17). The van der Waals surface area contributed by atoms with Crippen molar-refractivity contribution in [2.75, 3.05) is 0 Å². The number of hydrogen-bond donors (Lipinski definition) is 2. The van der Waals surface area contributed by atoms with Gasteiger partial charge in [0.2, 0.25) is 5.91 Å². The number of nitrogens with one attached hydrogen (secondary N) is 1. The fraction of sp³-hybridized carbons (Fsp3) is 0.385. The third kappa shape index (κ3) is 4.97. The molecule has 0 spiro atoms. The number of carboxylic acid groups (broad SMARTS) is 1. The molecule has 1 aromatic carbocycles. The lowest BCUT2D eigenvalue weighted by atomic mass is 10.1. The van der Waals surface area contributed by atoms with Crippen LogP contribution in [0.2, 0.25) is 0 Å². The molecule has 1 rings (SSSR count). The van der Waals surface area contributed by atoms with Gasteiger partial charge in [-0.25, -0.2) is 10.3 Å². The molecule has 0 aliphatic carbocycles. The predicted octanol–water partition coefficient (Wildman–Crippen LogP) is 1.77. The number of carbonyl (C=O) groups is 2. The Labute approximate surface area is 106 Å². The molecule has 1 amide bonds. The van der Waals surface area contributed by atoms with Crippen LogP contribution >= 0.6 is 0 Å². The van der Waals surface area contributed by atoms with Crippen molar-refractivity contribution in [1.82, 2.24) is 5.48 Å². The molecular formula is C13H17NO4. The highest BCUT2D eigenvalue weighted by molar-refractivity contribution is 5.87. The van der Waals surface area contributed by atoms with Crippen molar-refractivity contribution in [3.05, 3.63) is 35.4 Å². The first-order valence-corrected chi connectivity index (χ1v) is 5.57. The van der Waals surface area contributed by atoms with Gasteiger partial charge < -0.3 is 5.11 Å². The number of benzene rings is 1. The minimum Gasteiger partial charge on any atom is -0.478 e. The largest absolute Gasteiger partial charge is 0.478 e. The van der Waals surface area contributed by atoms with E-state index in [0.29, 0.717) is 0 Å². The van der Waals surface area contributed by atoms with E-state index < -0.39 is 11.6 Å². The summed E-state index contributed by atoms with van der Waals surface area (Å²) in [4.78, 5) is 27.3. The maximum Gasteiger partial charge on any atom is 0.335 e. The van der Waals surface area contributed by atoms with Gasteiger partial charge in [-0.1, -0.05) is 12.1 Å². The molecule has 0 radical (unpaired) electrons. The maximum atomic E-state index is 11.5. The fourth-order valence-electron chi connectivity index (χ4n) is 1.20. The summed E-state index contributed by atoms with van der Waals surface area (Å²) >= 11 is 0. The van der Waals surface area contributed by atoms with Crippen molar-refractivity contribution >= 4 is 11.9 Å². The summed E-state index contributed by atoms with van der Waals surface area (Å²) in [6.07, 6.45) is 0.149. The Kier molecular flexibility index (Phi) is 4.44. The lowest BCUT2D eigenvalue weighted by Crippen LogP contribution is -2.34. The molecule has 0 saturated heterocycles. The van der Waals surface area contributed by atoms with Gasteiger partial charge in [0.15, 0.2) is 0 Å². The van der Waals surface area contributed by atoms with Crippen molar-refractivity contribution in [2.24, 2.45) is 0 Å². The molecule has 2 N–H and O–H groups in total. The van der Waals surface area contributed by atoms with Crippen molar-refractivity contribution in [1.29, 1.82) is 0 Å². The van der Waals surface area contributed by atoms with Crippen molar-refractivity contribution in [2.45, 2.75) is 32.8 Å².